The van der Waals surface area contributed by atoms with Crippen LogP contribution in [0.3, 0.4) is 0 Å². The predicted molar refractivity (Wildman–Crippen MR) is 54.3 cm³/mol. The summed E-state index contributed by atoms with van der Waals surface area (Å²) < 4.78 is 5.44. The van der Waals surface area contributed by atoms with Crippen molar-refractivity contribution in [2.24, 2.45) is 0 Å². The van der Waals surface area contributed by atoms with Crippen LogP contribution < -0.4 is 0 Å². The smallest absolute Gasteiger partial charge is 0.251 e. The molecule has 0 spiro atoms. The Morgan fingerprint density at radius 3 is 2.33 bits per heavy atom. The number of ether oxygens (including phenoxy) is 1. The number of rotatable bonds is 5. The van der Waals surface area contributed by atoms with Crippen molar-refractivity contribution in [2.45, 2.75) is 32.0 Å². The van der Waals surface area contributed by atoms with Crippen molar-refractivity contribution in [1.82, 2.24) is 4.90 Å². The highest BCUT2D eigenvalue weighted by atomic mass is 16.5. The molecule has 0 aromatic rings. The van der Waals surface area contributed by atoms with Gasteiger partial charge in [0.1, 0.15) is 6.10 Å². The first-order valence-corrected chi connectivity index (χ1v) is 5.35. The fourth-order valence-electron chi connectivity index (χ4n) is 1.76. The third-order valence-electron chi connectivity index (χ3n) is 2.56. The Bertz CT molecular complexity index is 204. The van der Waals surface area contributed by atoms with E-state index in [1.54, 1.807) is 0 Å². The van der Waals surface area contributed by atoms with Gasteiger partial charge in [-0.2, -0.15) is 0 Å². The van der Waals surface area contributed by atoms with E-state index in [2.05, 4.69) is 0 Å². The highest BCUT2D eigenvalue weighted by molar-refractivity contribution is 5.81. The maximum Gasteiger partial charge on any atom is 0.251 e. The van der Waals surface area contributed by atoms with Crippen molar-refractivity contribution in [3.05, 3.63) is 0 Å². The van der Waals surface area contributed by atoms with E-state index in [0.29, 0.717) is 0 Å². The van der Waals surface area contributed by atoms with Crippen molar-refractivity contribution in [2.75, 3.05) is 26.3 Å². The molecule has 0 aromatic heterocycles. The van der Waals surface area contributed by atoms with Gasteiger partial charge in [-0.1, -0.05) is 0 Å². The maximum absolute atomic E-state index is 11.8. The highest BCUT2D eigenvalue weighted by Crippen LogP contribution is 2.20. The van der Waals surface area contributed by atoms with Crippen molar-refractivity contribution < 1.29 is 19.7 Å². The zero-order valence-corrected chi connectivity index (χ0v) is 9.06. The molecule has 1 heterocycles. The van der Waals surface area contributed by atoms with Crippen molar-refractivity contribution in [3.63, 3.8) is 0 Å². The van der Waals surface area contributed by atoms with Gasteiger partial charge in [-0.15, -0.1) is 0 Å². The Morgan fingerprint density at radius 2 is 1.93 bits per heavy atom. The molecule has 5 heteroatoms. The first-order chi connectivity index (χ1) is 7.19. The molecule has 1 aliphatic heterocycles. The standard InChI is InChI=1S/C10H19NO4/c1-8-2-3-9(15-8)10(14)11(4-6-12)5-7-13/h8-9,12-13H,2-7H2,1H3. The van der Waals surface area contributed by atoms with Gasteiger partial charge < -0.3 is 19.8 Å². The van der Waals surface area contributed by atoms with Crippen LogP contribution >= 0.6 is 0 Å². The van der Waals surface area contributed by atoms with Gasteiger partial charge >= 0.3 is 0 Å². The molecule has 1 saturated heterocycles. The summed E-state index contributed by atoms with van der Waals surface area (Å²) in [6.07, 6.45) is 1.36. The molecular weight excluding hydrogens is 198 g/mol. The van der Waals surface area contributed by atoms with E-state index in [-0.39, 0.29) is 38.3 Å². The second kappa shape index (κ2) is 6.05. The van der Waals surface area contributed by atoms with Gasteiger partial charge in [-0.05, 0) is 19.8 Å². The largest absolute Gasteiger partial charge is 0.395 e. The Kier molecular flexibility index (Phi) is 5.01. The van der Waals surface area contributed by atoms with Gasteiger partial charge in [-0.3, -0.25) is 4.79 Å². The van der Waals surface area contributed by atoms with E-state index in [1.807, 2.05) is 6.92 Å². The summed E-state index contributed by atoms with van der Waals surface area (Å²) in [6, 6.07) is 0. The van der Waals surface area contributed by atoms with Crippen LogP contribution in [-0.2, 0) is 9.53 Å². The van der Waals surface area contributed by atoms with Crippen molar-refractivity contribution >= 4 is 5.91 Å². The molecule has 0 radical (unpaired) electrons. The molecule has 1 amide bonds. The number of carbonyl (C=O) groups excluding carboxylic acids is 1. The van der Waals surface area contributed by atoms with E-state index in [0.717, 1.165) is 12.8 Å². The van der Waals surface area contributed by atoms with E-state index in [1.165, 1.54) is 4.90 Å². The first-order valence-electron chi connectivity index (χ1n) is 5.35. The topological polar surface area (TPSA) is 70.0 Å². The second-order valence-corrected chi connectivity index (χ2v) is 3.79. The summed E-state index contributed by atoms with van der Waals surface area (Å²) >= 11 is 0. The fourth-order valence-corrected chi connectivity index (χ4v) is 1.76. The van der Waals surface area contributed by atoms with Gasteiger partial charge in [0, 0.05) is 13.1 Å². The van der Waals surface area contributed by atoms with Crippen LogP contribution in [0.15, 0.2) is 0 Å². The first kappa shape index (κ1) is 12.4. The lowest BCUT2D eigenvalue weighted by atomic mass is 10.2. The molecule has 0 bridgehead atoms. The number of nitrogens with zero attached hydrogens (tertiary/aromatic N) is 1. The van der Waals surface area contributed by atoms with Gasteiger partial charge in [0.05, 0.1) is 19.3 Å². The lowest BCUT2D eigenvalue weighted by Gasteiger charge is -2.23. The third-order valence-corrected chi connectivity index (χ3v) is 2.56. The third kappa shape index (κ3) is 3.44. The van der Waals surface area contributed by atoms with Crippen LogP contribution in [0, 0.1) is 0 Å². The van der Waals surface area contributed by atoms with Crippen molar-refractivity contribution in [1.29, 1.82) is 0 Å². The highest BCUT2D eigenvalue weighted by Gasteiger charge is 2.31. The lowest BCUT2D eigenvalue weighted by Crippen LogP contribution is -2.42. The molecule has 0 saturated carbocycles. The van der Waals surface area contributed by atoms with Crippen LogP contribution in [0.5, 0.6) is 0 Å². The molecule has 2 N–H and O–H groups in total. The summed E-state index contributed by atoms with van der Waals surface area (Å²) in [5.74, 6) is -0.123. The fraction of sp³-hybridized carbons (Fsp3) is 0.900. The molecule has 1 fully saturated rings. The van der Waals surface area contributed by atoms with Crippen LogP contribution in [0.2, 0.25) is 0 Å². The zero-order valence-electron chi connectivity index (χ0n) is 9.06. The minimum absolute atomic E-state index is 0.0893. The van der Waals surface area contributed by atoms with Crippen molar-refractivity contribution in [3.8, 4) is 0 Å². The molecule has 15 heavy (non-hydrogen) atoms. The Hall–Kier alpha value is -0.650. The Balaban J connectivity index is 2.47. The monoisotopic (exact) mass is 217 g/mol. The average molecular weight is 217 g/mol. The SMILES string of the molecule is CC1CCC(C(=O)N(CCO)CCO)O1. The molecule has 1 rings (SSSR count). The molecule has 0 aliphatic carbocycles. The van der Waals surface area contributed by atoms with Gasteiger partial charge in [0.25, 0.3) is 5.91 Å². The molecule has 88 valence electrons. The van der Waals surface area contributed by atoms with Crippen LogP contribution in [0.4, 0.5) is 0 Å². The molecular formula is C10H19NO4. The summed E-state index contributed by atoms with van der Waals surface area (Å²) in [7, 11) is 0. The van der Waals surface area contributed by atoms with Gasteiger partial charge in [-0.25, -0.2) is 0 Å². The predicted octanol–water partition coefficient (Wildman–Crippen LogP) is -0.633. The van der Waals surface area contributed by atoms with Crippen LogP contribution in [0.25, 0.3) is 0 Å². The number of carbonyl (C=O) groups is 1. The number of hydrogen-bond acceptors (Lipinski definition) is 4. The van der Waals surface area contributed by atoms with Crippen LogP contribution in [-0.4, -0.2) is 59.5 Å². The van der Waals surface area contributed by atoms with E-state index >= 15 is 0 Å². The van der Waals surface area contributed by atoms with E-state index in [4.69, 9.17) is 14.9 Å². The summed E-state index contributed by atoms with van der Waals surface area (Å²) in [6.45, 7) is 2.28. The minimum Gasteiger partial charge on any atom is -0.395 e. The van der Waals surface area contributed by atoms with E-state index in [9.17, 15) is 4.79 Å². The Labute approximate surface area is 89.6 Å². The zero-order chi connectivity index (χ0) is 11.3. The Morgan fingerprint density at radius 1 is 1.33 bits per heavy atom. The number of aliphatic hydroxyl groups is 2. The van der Waals surface area contributed by atoms with Crippen LogP contribution in [0.1, 0.15) is 19.8 Å². The van der Waals surface area contributed by atoms with E-state index < -0.39 is 6.10 Å². The molecule has 2 unspecified atom stereocenters. The van der Waals surface area contributed by atoms with Gasteiger partial charge in [0.2, 0.25) is 0 Å². The maximum atomic E-state index is 11.8. The molecule has 2 atom stereocenters. The molecule has 1 aliphatic rings. The number of amides is 1. The summed E-state index contributed by atoms with van der Waals surface area (Å²) in [5, 5.41) is 17.6. The number of hydrogen-bond donors (Lipinski definition) is 2. The average Bonchev–Trinajstić information content (AvgIpc) is 2.63. The second-order valence-electron chi connectivity index (χ2n) is 3.79. The molecule has 5 nitrogen and oxygen atoms in total. The summed E-state index contributed by atoms with van der Waals surface area (Å²) in [5.41, 5.74) is 0. The van der Waals surface area contributed by atoms with Gasteiger partial charge in [0.15, 0.2) is 0 Å². The number of aliphatic hydroxyl groups excluding tert-OH is 2. The minimum atomic E-state index is -0.391. The summed E-state index contributed by atoms with van der Waals surface area (Å²) in [4.78, 5) is 13.3. The molecule has 0 aromatic carbocycles. The normalized spacial score (nSPS) is 25.5. The quantitative estimate of drug-likeness (QED) is 0.643. The lowest BCUT2D eigenvalue weighted by molar-refractivity contribution is -0.143.